The molecule has 0 bridgehead atoms. The van der Waals surface area contributed by atoms with Gasteiger partial charge >= 0.3 is 11.9 Å². The molecule has 28 heavy (non-hydrogen) atoms. The third-order valence-corrected chi connectivity index (χ3v) is 5.67. The third kappa shape index (κ3) is 4.02. The lowest BCUT2D eigenvalue weighted by atomic mass is 10.2. The molecule has 8 heteroatoms. The first-order valence-electron chi connectivity index (χ1n) is 7.97. The Morgan fingerprint density at radius 2 is 0.929 bits per heavy atom. The highest BCUT2D eigenvalue weighted by molar-refractivity contribution is 7.91. The summed E-state index contributed by atoms with van der Waals surface area (Å²) in [6.45, 7) is 0. The van der Waals surface area contributed by atoms with Crippen molar-refractivity contribution >= 4 is 21.8 Å². The Labute approximate surface area is 160 Å². The molecule has 0 spiro atoms. The van der Waals surface area contributed by atoms with E-state index in [0.717, 1.165) is 0 Å². The molecule has 0 aliphatic rings. The van der Waals surface area contributed by atoms with Crippen LogP contribution in [0.5, 0.6) is 11.5 Å². The predicted molar refractivity (Wildman–Crippen MR) is 98.8 cm³/mol. The van der Waals surface area contributed by atoms with Crippen molar-refractivity contribution in [3.05, 3.63) is 83.9 Å². The second-order valence-electron chi connectivity index (χ2n) is 5.74. The van der Waals surface area contributed by atoms with Crippen molar-refractivity contribution in [2.45, 2.75) is 9.79 Å². The second-order valence-corrected chi connectivity index (χ2v) is 7.69. The Hall–Kier alpha value is -3.65. The van der Waals surface area contributed by atoms with Crippen molar-refractivity contribution in [2.24, 2.45) is 0 Å². The van der Waals surface area contributed by atoms with Crippen LogP contribution in [-0.2, 0) is 9.84 Å². The van der Waals surface area contributed by atoms with Crippen molar-refractivity contribution in [1.82, 2.24) is 0 Å². The molecule has 3 rings (SSSR count). The summed E-state index contributed by atoms with van der Waals surface area (Å²) < 4.78 is 30.9. The average Bonchev–Trinajstić information content (AvgIpc) is 2.69. The van der Waals surface area contributed by atoms with Crippen LogP contribution in [0.25, 0.3) is 0 Å². The summed E-state index contributed by atoms with van der Waals surface area (Å²) in [5, 5.41) is 17.8. The summed E-state index contributed by atoms with van der Waals surface area (Å²) in [5.41, 5.74) is 0.124. The molecule has 2 N–H and O–H groups in total. The van der Waals surface area contributed by atoms with E-state index in [1.54, 1.807) is 0 Å². The van der Waals surface area contributed by atoms with Crippen molar-refractivity contribution in [3.8, 4) is 11.5 Å². The molecule has 0 radical (unpaired) electrons. The summed E-state index contributed by atoms with van der Waals surface area (Å²) in [6.07, 6.45) is 0. The fraction of sp³-hybridized carbons (Fsp3) is 0. The molecular formula is C20H14O7S. The first-order chi connectivity index (χ1) is 13.3. The van der Waals surface area contributed by atoms with Crippen LogP contribution in [0.1, 0.15) is 20.7 Å². The van der Waals surface area contributed by atoms with Gasteiger partial charge in [-0.15, -0.1) is 0 Å². The van der Waals surface area contributed by atoms with Gasteiger partial charge in [0.1, 0.15) is 11.5 Å². The van der Waals surface area contributed by atoms with Crippen LogP contribution in [0, 0.1) is 0 Å². The number of carbonyl (C=O) groups is 2. The van der Waals surface area contributed by atoms with Crippen LogP contribution in [-0.4, -0.2) is 30.6 Å². The summed E-state index contributed by atoms with van der Waals surface area (Å²) in [5.74, 6) is -1.40. The van der Waals surface area contributed by atoms with Gasteiger partial charge in [-0.25, -0.2) is 18.0 Å². The van der Waals surface area contributed by atoms with Gasteiger partial charge in [0, 0.05) is 0 Å². The molecule has 3 aromatic rings. The van der Waals surface area contributed by atoms with Gasteiger partial charge in [0.15, 0.2) is 0 Å². The number of sulfone groups is 1. The molecule has 0 aliphatic heterocycles. The highest BCUT2D eigenvalue weighted by Gasteiger charge is 2.18. The SMILES string of the molecule is O=C(O)c1ccc(Oc2ccc(S(=O)(=O)c3ccc(C(=O)O)cc3)cc2)cc1. The molecule has 0 heterocycles. The van der Waals surface area contributed by atoms with E-state index in [9.17, 15) is 18.0 Å². The van der Waals surface area contributed by atoms with Crippen molar-refractivity contribution < 1.29 is 33.0 Å². The third-order valence-electron chi connectivity index (χ3n) is 3.88. The van der Waals surface area contributed by atoms with Gasteiger partial charge in [-0.3, -0.25) is 0 Å². The van der Waals surface area contributed by atoms with E-state index < -0.39 is 21.8 Å². The average molecular weight is 398 g/mol. The van der Waals surface area contributed by atoms with E-state index in [1.807, 2.05) is 0 Å². The van der Waals surface area contributed by atoms with Crippen LogP contribution < -0.4 is 4.74 Å². The maximum atomic E-state index is 12.6. The van der Waals surface area contributed by atoms with Gasteiger partial charge in [-0.2, -0.15) is 0 Å². The van der Waals surface area contributed by atoms with Crippen LogP contribution >= 0.6 is 0 Å². The molecule has 0 fully saturated rings. The Bertz CT molecular complexity index is 1110. The zero-order valence-corrected chi connectivity index (χ0v) is 15.1. The lowest BCUT2D eigenvalue weighted by Gasteiger charge is -2.08. The molecule has 0 atom stereocenters. The molecule has 0 amide bonds. The molecule has 0 unspecified atom stereocenters. The minimum absolute atomic E-state index is 0.00313. The largest absolute Gasteiger partial charge is 0.478 e. The van der Waals surface area contributed by atoms with Gasteiger partial charge in [-0.05, 0) is 72.8 Å². The molecule has 142 valence electrons. The number of benzene rings is 3. The molecule has 0 aliphatic carbocycles. The lowest BCUT2D eigenvalue weighted by Crippen LogP contribution is -2.03. The molecular weight excluding hydrogens is 384 g/mol. The molecule has 0 saturated heterocycles. The number of carboxylic acids is 2. The highest BCUT2D eigenvalue weighted by atomic mass is 32.2. The van der Waals surface area contributed by atoms with Gasteiger partial charge in [0.05, 0.1) is 20.9 Å². The lowest BCUT2D eigenvalue weighted by molar-refractivity contribution is 0.0686. The Morgan fingerprint density at radius 1 is 0.607 bits per heavy atom. The standard InChI is InChI=1S/C20H14O7S/c21-19(22)13-1-5-15(6-2-13)27-16-7-11-18(12-8-16)28(25,26)17-9-3-14(4-10-17)20(23)24/h1-12H,(H,21,22)(H,23,24). The monoisotopic (exact) mass is 398 g/mol. The summed E-state index contributed by atoms with van der Waals surface area (Å²) in [7, 11) is -3.80. The zero-order chi connectivity index (χ0) is 20.3. The van der Waals surface area contributed by atoms with Crippen LogP contribution in [0.15, 0.2) is 82.6 Å². The van der Waals surface area contributed by atoms with Gasteiger partial charge in [-0.1, -0.05) is 0 Å². The molecule has 0 saturated carbocycles. The van der Waals surface area contributed by atoms with Crippen LogP contribution in [0.2, 0.25) is 0 Å². The number of carboxylic acid groups (broad SMARTS) is 2. The first-order valence-corrected chi connectivity index (χ1v) is 9.45. The minimum Gasteiger partial charge on any atom is -0.478 e. The number of rotatable bonds is 6. The van der Waals surface area contributed by atoms with Gasteiger partial charge in [0.2, 0.25) is 9.84 Å². The van der Waals surface area contributed by atoms with Crippen molar-refractivity contribution in [2.75, 3.05) is 0 Å². The summed E-state index contributed by atoms with van der Waals surface area (Å²) in [4.78, 5) is 21.7. The van der Waals surface area contributed by atoms with E-state index in [1.165, 1.54) is 72.8 Å². The smallest absolute Gasteiger partial charge is 0.335 e. The number of hydrogen-bond donors (Lipinski definition) is 2. The van der Waals surface area contributed by atoms with Gasteiger partial charge in [0.25, 0.3) is 0 Å². The highest BCUT2D eigenvalue weighted by Crippen LogP contribution is 2.26. The van der Waals surface area contributed by atoms with Crippen molar-refractivity contribution in [3.63, 3.8) is 0 Å². The van der Waals surface area contributed by atoms with E-state index in [-0.39, 0.29) is 20.9 Å². The molecule has 7 nitrogen and oxygen atoms in total. The summed E-state index contributed by atoms with van der Waals surface area (Å²) in [6, 6.07) is 16.4. The number of hydrogen-bond acceptors (Lipinski definition) is 5. The van der Waals surface area contributed by atoms with E-state index in [2.05, 4.69) is 0 Å². The predicted octanol–water partition coefficient (Wildman–Crippen LogP) is 3.71. The Kier molecular flexibility index (Phi) is 5.14. The molecule has 0 aromatic heterocycles. The number of aromatic carboxylic acids is 2. The van der Waals surface area contributed by atoms with Crippen LogP contribution in [0.3, 0.4) is 0 Å². The quantitative estimate of drug-likeness (QED) is 0.650. The Morgan fingerprint density at radius 3 is 1.32 bits per heavy atom. The van der Waals surface area contributed by atoms with Crippen LogP contribution in [0.4, 0.5) is 0 Å². The fourth-order valence-electron chi connectivity index (χ4n) is 2.40. The summed E-state index contributed by atoms with van der Waals surface area (Å²) >= 11 is 0. The van der Waals surface area contributed by atoms with E-state index in [4.69, 9.17) is 14.9 Å². The fourth-order valence-corrected chi connectivity index (χ4v) is 3.66. The topological polar surface area (TPSA) is 118 Å². The zero-order valence-electron chi connectivity index (χ0n) is 14.3. The maximum absolute atomic E-state index is 12.6. The normalized spacial score (nSPS) is 11.0. The van der Waals surface area contributed by atoms with E-state index in [0.29, 0.717) is 11.5 Å². The van der Waals surface area contributed by atoms with E-state index >= 15 is 0 Å². The Balaban J connectivity index is 1.79. The maximum Gasteiger partial charge on any atom is 0.335 e. The van der Waals surface area contributed by atoms with Gasteiger partial charge < -0.3 is 14.9 Å². The molecule has 3 aromatic carbocycles. The number of ether oxygens (including phenoxy) is 1. The first kappa shape index (κ1) is 19.1. The van der Waals surface area contributed by atoms with Crippen molar-refractivity contribution in [1.29, 1.82) is 0 Å². The minimum atomic E-state index is -3.80. The second kappa shape index (κ2) is 7.53.